The third kappa shape index (κ3) is 5.29. The SMILES string of the molecule is C=CCCCCOC(=O)[C@H]1[C@@H]2OC3(CC2Br)C(C(=O)N(CC=C)C(C)CCC)N(CCCO)C(=O)[C@H]13. The van der Waals surface area contributed by atoms with Crippen molar-refractivity contribution in [2.45, 2.75) is 87.4 Å². The van der Waals surface area contributed by atoms with Gasteiger partial charge in [-0.2, -0.15) is 0 Å². The highest BCUT2D eigenvalue weighted by Crippen LogP contribution is 2.60. The Balaban J connectivity index is 1.93. The number of ether oxygens (including phenoxy) is 2. The number of amides is 2. The summed E-state index contributed by atoms with van der Waals surface area (Å²) in [6.07, 6.45) is 7.95. The highest BCUT2D eigenvalue weighted by atomic mass is 79.9. The van der Waals surface area contributed by atoms with Crippen LogP contribution in [0.2, 0.25) is 0 Å². The highest BCUT2D eigenvalue weighted by molar-refractivity contribution is 9.09. The van der Waals surface area contributed by atoms with Gasteiger partial charge in [0, 0.05) is 30.6 Å². The lowest BCUT2D eigenvalue weighted by Gasteiger charge is -2.39. The molecule has 9 heteroatoms. The van der Waals surface area contributed by atoms with Crippen LogP contribution in [0.25, 0.3) is 0 Å². The molecule has 2 amide bonds. The first kappa shape index (κ1) is 28.9. The van der Waals surface area contributed by atoms with Crippen molar-refractivity contribution in [3.63, 3.8) is 0 Å². The second kappa shape index (κ2) is 12.7. The molecule has 4 unspecified atom stereocenters. The van der Waals surface area contributed by atoms with Gasteiger partial charge in [-0.1, -0.05) is 41.4 Å². The quantitative estimate of drug-likeness (QED) is 0.141. The Morgan fingerprint density at radius 3 is 2.72 bits per heavy atom. The van der Waals surface area contributed by atoms with Crippen LogP contribution in [-0.4, -0.2) is 87.6 Å². The van der Waals surface area contributed by atoms with Gasteiger partial charge in [-0.3, -0.25) is 14.4 Å². The summed E-state index contributed by atoms with van der Waals surface area (Å²) < 4.78 is 12.1. The predicted octanol–water partition coefficient (Wildman–Crippen LogP) is 3.22. The van der Waals surface area contributed by atoms with E-state index in [0.29, 0.717) is 25.8 Å². The second-order valence-electron chi connectivity index (χ2n) is 10.1. The molecule has 3 saturated heterocycles. The van der Waals surface area contributed by atoms with Crippen LogP contribution >= 0.6 is 15.9 Å². The Morgan fingerprint density at radius 2 is 2.08 bits per heavy atom. The van der Waals surface area contributed by atoms with Gasteiger partial charge in [0.05, 0.1) is 24.5 Å². The zero-order valence-corrected chi connectivity index (χ0v) is 23.2. The first-order valence-corrected chi connectivity index (χ1v) is 14.1. The normalized spacial score (nSPS) is 31.3. The number of carbonyl (C=O) groups is 3. The molecular formula is C27H41BrN2O6. The molecule has 0 aliphatic carbocycles. The number of hydrogen-bond acceptors (Lipinski definition) is 6. The molecule has 0 radical (unpaired) electrons. The third-order valence-electron chi connectivity index (χ3n) is 7.75. The number of esters is 1. The average Bonchev–Trinajstić information content (AvgIpc) is 3.44. The van der Waals surface area contributed by atoms with Crippen LogP contribution < -0.4 is 0 Å². The number of halogens is 1. The molecule has 0 saturated carbocycles. The fourth-order valence-electron chi connectivity index (χ4n) is 6.18. The van der Waals surface area contributed by atoms with E-state index >= 15 is 0 Å². The Hall–Kier alpha value is -1.71. The summed E-state index contributed by atoms with van der Waals surface area (Å²) in [7, 11) is 0. The topological polar surface area (TPSA) is 96.4 Å². The fraction of sp³-hybridized carbons (Fsp3) is 0.741. The number of likely N-dealkylation sites (tertiary alicyclic amines) is 1. The molecule has 202 valence electrons. The molecule has 2 bridgehead atoms. The Bertz CT molecular complexity index is 837. The van der Waals surface area contributed by atoms with Gasteiger partial charge in [0.25, 0.3) is 0 Å². The van der Waals surface area contributed by atoms with Crippen LogP contribution in [0.15, 0.2) is 25.3 Å². The number of nitrogens with zero attached hydrogens (tertiary/aromatic N) is 2. The maximum absolute atomic E-state index is 14.2. The van der Waals surface area contributed by atoms with Gasteiger partial charge >= 0.3 is 5.97 Å². The molecule has 0 aromatic rings. The van der Waals surface area contributed by atoms with E-state index < -0.39 is 35.6 Å². The van der Waals surface area contributed by atoms with E-state index in [1.807, 2.05) is 13.0 Å². The highest BCUT2D eigenvalue weighted by Gasteiger charge is 2.77. The first-order chi connectivity index (χ1) is 17.3. The van der Waals surface area contributed by atoms with Crippen LogP contribution in [0.3, 0.4) is 0 Å². The molecule has 36 heavy (non-hydrogen) atoms. The smallest absolute Gasteiger partial charge is 0.312 e. The van der Waals surface area contributed by atoms with E-state index in [9.17, 15) is 19.5 Å². The molecule has 3 rings (SSSR count). The third-order valence-corrected chi connectivity index (χ3v) is 8.59. The van der Waals surface area contributed by atoms with E-state index in [0.717, 1.165) is 25.7 Å². The average molecular weight is 570 g/mol. The van der Waals surface area contributed by atoms with Gasteiger partial charge in [-0.15, -0.1) is 13.2 Å². The van der Waals surface area contributed by atoms with Crippen molar-refractivity contribution in [3.8, 4) is 0 Å². The number of allylic oxidation sites excluding steroid dienone is 1. The minimum absolute atomic E-state index is 0.0413. The molecule has 3 aliphatic heterocycles. The van der Waals surface area contributed by atoms with Crippen molar-refractivity contribution in [2.24, 2.45) is 11.8 Å². The summed E-state index contributed by atoms with van der Waals surface area (Å²) in [6.45, 7) is 12.4. The summed E-state index contributed by atoms with van der Waals surface area (Å²) >= 11 is 3.67. The number of aliphatic hydroxyl groups excluding tert-OH is 1. The van der Waals surface area contributed by atoms with E-state index in [2.05, 4.69) is 36.0 Å². The number of unbranched alkanes of at least 4 members (excludes halogenated alkanes) is 2. The minimum atomic E-state index is -1.11. The monoisotopic (exact) mass is 568 g/mol. The van der Waals surface area contributed by atoms with Gasteiger partial charge in [0.1, 0.15) is 11.6 Å². The number of fused-ring (bicyclic) bond motifs is 1. The molecular weight excluding hydrogens is 528 g/mol. The Morgan fingerprint density at radius 1 is 1.33 bits per heavy atom. The van der Waals surface area contributed by atoms with Crippen molar-refractivity contribution in [1.82, 2.24) is 9.80 Å². The lowest BCUT2D eigenvalue weighted by molar-refractivity contribution is -0.155. The van der Waals surface area contributed by atoms with Crippen LogP contribution in [0, 0.1) is 11.8 Å². The zero-order chi connectivity index (χ0) is 26.5. The second-order valence-corrected chi connectivity index (χ2v) is 11.3. The standard InChI is InChI=1S/C27H41BrN2O6/c1-5-8-9-10-16-35-26(34)20-21-24(32)30(14-11-15-31)23(27(21)17-19(28)22(20)36-27)25(33)29(13-7-3)18(4)12-6-2/h5,7,18-23,31H,1,3,6,8-17H2,2,4H3/t18?,19?,20-,21+,22-,23?,27?/m1/s1. The van der Waals surface area contributed by atoms with Crippen molar-refractivity contribution in [2.75, 3.05) is 26.3 Å². The minimum Gasteiger partial charge on any atom is -0.465 e. The van der Waals surface area contributed by atoms with Crippen LogP contribution in [-0.2, 0) is 23.9 Å². The summed E-state index contributed by atoms with van der Waals surface area (Å²) in [4.78, 5) is 44.4. The Labute approximate surface area is 223 Å². The molecule has 1 N–H and O–H groups in total. The molecule has 3 aliphatic rings. The van der Waals surface area contributed by atoms with Gasteiger partial charge in [0.15, 0.2) is 0 Å². The number of carbonyl (C=O) groups excluding carboxylic acids is 3. The van der Waals surface area contributed by atoms with Crippen LogP contribution in [0.5, 0.6) is 0 Å². The van der Waals surface area contributed by atoms with E-state index in [1.165, 1.54) is 0 Å². The fourth-order valence-corrected chi connectivity index (χ4v) is 7.12. The maximum atomic E-state index is 14.2. The van der Waals surface area contributed by atoms with Crippen molar-refractivity contribution in [3.05, 3.63) is 25.3 Å². The van der Waals surface area contributed by atoms with Gasteiger partial charge in [-0.05, 0) is 45.4 Å². The van der Waals surface area contributed by atoms with E-state index in [1.54, 1.807) is 15.9 Å². The molecule has 7 atom stereocenters. The van der Waals surface area contributed by atoms with Gasteiger partial charge in [0.2, 0.25) is 11.8 Å². The van der Waals surface area contributed by atoms with Crippen LogP contribution in [0.1, 0.15) is 58.8 Å². The van der Waals surface area contributed by atoms with E-state index in [-0.39, 0.29) is 42.4 Å². The molecule has 3 fully saturated rings. The van der Waals surface area contributed by atoms with Crippen LogP contribution in [0.4, 0.5) is 0 Å². The summed E-state index contributed by atoms with van der Waals surface area (Å²) in [5.74, 6) is -2.45. The van der Waals surface area contributed by atoms with E-state index in [4.69, 9.17) is 9.47 Å². The Kier molecular flexibility index (Phi) is 10.2. The number of rotatable bonds is 15. The van der Waals surface area contributed by atoms with Gasteiger partial charge < -0.3 is 24.4 Å². The summed E-state index contributed by atoms with van der Waals surface area (Å²) in [5, 5.41) is 9.50. The number of alkyl halides is 1. The molecule has 3 heterocycles. The van der Waals surface area contributed by atoms with Crippen molar-refractivity contribution >= 4 is 33.7 Å². The predicted molar refractivity (Wildman–Crippen MR) is 140 cm³/mol. The lowest BCUT2D eigenvalue weighted by atomic mass is 9.70. The molecule has 8 nitrogen and oxygen atoms in total. The number of aliphatic hydroxyl groups is 1. The summed E-state index contributed by atoms with van der Waals surface area (Å²) in [5.41, 5.74) is -1.11. The maximum Gasteiger partial charge on any atom is 0.312 e. The zero-order valence-electron chi connectivity index (χ0n) is 21.6. The molecule has 0 aromatic heterocycles. The largest absolute Gasteiger partial charge is 0.465 e. The van der Waals surface area contributed by atoms with Crippen molar-refractivity contribution in [1.29, 1.82) is 0 Å². The van der Waals surface area contributed by atoms with Crippen molar-refractivity contribution < 1.29 is 29.0 Å². The number of hydrogen-bond donors (Lipinski definition) is 1. The molecule has 0 aromatic carbocycles. The lowest BCUT2D eigenvalue weighted by Crippen LogP contribution is -2.58. The first-order valence-electron chi connectivity index (χ1n) is 13.2. The molecule has 1 spiro atoms. The summed E-state index contributed by atoms with van der Waals surface area (Å²) in [6, 6.07) is -0.906. The van der Waals surface area contributed by atoms with Gasteiger partial charge in [-0.25, -0.2) is 0 Å².